The van der Waals surface area contributed by atoms with Gasteiger partial charge >= 0.3 is 0 Å². The molecule has 4 aromatic rings. The van der Waals surface area contributed by atoms with Crippen LogP contribution in [0.25, 0.3) is 0 Å². The molecule has 1 unspecified atom stereocenters. The molecule has 0 aromatic heterocycles. The van der Waals surface area contributed by atoms with Crippen LogP contribution in [0.5, 0.6) is 0 Å². The van der Waals surface area contributed by atoms with Gasteiger partial charge in [0, 0.05) is 0 Å². The fourth-order valence-corrected chi connectivity index (χ4v) is 5.79. The summed E-state index contributed by atoms with van der Waals surface area (Å²) in [5, 5.41) is 24.4. The lowest BCUT2D eigenvalue weighted by atomic mass is 9.85. The van der Waals surface area contributed by atoms with Crippen molar-refractivity contribution in [2.45, 2.75) is 49.6 Å². The number of carbonyl (C=O) groups excluding carboxylic acids is 2. The van der Waals surface area contributed by atoms with Crippen LogP contribution < -0.4 is 0 Å². The first-order chi connectivity index (χ1) is 19.6. The molecule has 0 saturated heterocycles. The lowest BCUT2D eigenvalue weighted by molar-refractivity contribution is -0.213. The molecule has 2 atom stereocenters. The van der Waals surface area contributed by atoms with Crippen molar-refractivity contribution < 1.29 is 20.0 Å². The largest absolute Gasteiger partial charge is 0.286 e. The summed E-state index contributed by atoms with van der Waals surface area (Å²) >= 11 is 0. The van der Waals surface area contributed by atoms with Gasteiger partial charge in [-0.05, 0) is 35.1 Å². The van der Waals surface area contributed by atoms with Crippen LogP contribution in [0.2, 0.25) is 0 Å². The molecule has 1 fully saturated rings. The molecular weight excluding hydrogens is 500 g/mol. The summed E-state index contributed by atoms with van der Waals surface area (Å²) in [6.07, 6.45) is 2.48. The van der Waals surface area contributed by atoms with Gasteiger partial charge < -0.3 is 0 Å². The number of hydrogen-bond donors (Lipinski definition) is 2. The Morgan fingerprint density at radius 2 is 0.750 bits per heavy atom. The summed E-state index contributed by atoms with van der Waals surface area (Å²) in [6, 6.07) is 35.9. The van der Waals surface area contributed by atoms with E-state index in [9.17, 15) is 20.0 Å². The molecule has 1 aliphatic rings. The Balaban J connectivity index is 1.44. The van der Waals surface area contributed by atoms with Gasteiger partial charge in [-0.25, -0.2) is 10.1 Å². The highest BCUT2D eigenvalue weighted by Gasteiger charge is 2.42. The summed E-state index contributed by atoms with van der Waals surface area (Å²) in [4.78, 5) is 27.9. The Bertz CT molecular complexity index is 1190. The minimum Gasteiger partial charge on any atom is -0.286 e. The monoisotopic (exact) mass is 534 g/mol. The highest BCUT2D eigenvalue weighted by molar-refractivity contribution is 5.88. The van der Waals surface area contributed by atoms with E-state index in [1.54, 1.807) is 0 Å². The second kappa shape index (κ2) is 12.7. The van der Waals surface area contributed by atoms with Gasteiger partial charge in [-0.2, -0.15) is 0 Å². The number of hydrogen-bond acceptors (Lipinski definition) is 4. The van der Waals surface area contributed by atoms with E-state index in [0.29, 0.717) is 12.8 Å². The summed E-state index contributed by atoms with van der Waals surface area (Å²) in [5.41, 5.74) is 3.04. The van der Waals surface area contributed by atoms with E-state index in [4.69, 9.17) is 0 Å². The zero-order chi connectivity index (χ0) is 27.9. The molecular formula is C34H34N2O4. The molecule has 0 spiro atoms. The Kier molecular flexibility index (Phi) is 8.69. The minimum absolute atomic E-state index is 0.467. The van der Waals surface area contributed by atoms with Crippen molar-refractivity contribution in [3.63, 3.8) is 0 Å². The molecule has 6 heteroatoms. The van der Waals surface area contributed by atoms with E-state index in [1.165, 1.54) is 0 Å². The van der Waals surface area contributed by atoms with Crippen molar-refractivity contribution in [3.8, 4) is 0 Å². The van der Waals surface area contributed by atoms with Gasteiger partial charge in [0.1, 0.15) is 0 Å². The third kappa shape index (κ3) is 5.83. The predicted molar refractivity (Wildman–Crippen MR) is 153 cm³/mol. The van der Waals surface area contributed by atoms with Crippen molar-refractivity contribution in [3.05, 3.63) is 144 Å². The van der Waals surface area contributed by atoms with Crippen molar-refractivity contribution in [1.82, 2.24) is 10.1 Å². The van der Waals surface area contributed by atoms with E-state index in [2.05, 4.69) is 0 Å². The Morgan fingerprint density at radius 3 is 1.00 bits per heavy atom. The number of carbonyl (C=O) groups is 2. The fourth-order valence-electron chi connectivity index (χ4n) is 5.79. The highest BCUT2D eigenvalue weighted by atomic mass is 16.5. The number of hydroxylamine groups is 4. The van der Waals surface area contributed by atoms with E-state index in [-0.39, 0.29) is 0 Å². The lowest BCUT2D eigenvalue weighted by Crippen LogP contribution is -2.56. The number of nitrogens with zero attached hydrogens (tertiary/aromatic N) is 2. The molecule has 2 N–H and O–H groups in total. The van der Waals surface area contributed by atoms with E-state index < -0.39 is 35.7 Å². The first kappa shape index (κ1) is 27.3. The van der Waals surface area contributed by atoms with Crippen LogP contribution in [0.4, 0.5) is 0 Å². The number of amides is 2. The van der Waals surface area contributed by atoms with Crippen LogP contribution in [-0.2, 0) is 9.59 Å². The van der Waals surface area contributed by atoms with Crippen LogP contribution in [0.15, 0.2) is 121 Å². The SMILES string of the molecule is O=C(C(c1ccccc1)c1ccccc1)N(O)C1CCCC[C@H]1N(O)C(=O)C(c1ccccc1)c1ccccc1. The second-order valence-electron chi connectivity index (χ2n) is 10.3. The number of rotatable bonds is 8. The van der Waals surface area contributed by atoms with Gasteiger partial charge in [-0.15, -0.1) is 0 Å². The Morgan fingerprint density at radius 1 is 0.500 bits per heavy atom. The third-order valence-corrected chi connectivity index (χ3v) is 7.80. The van der Waals surface area contributed by atoms with Crippen LogP contribution >= 0.6 is 0 Å². The first-order valence-electron chi connectivity index (χ1n) is 13.8. The van der Waals surface area contributed by atoms with Crippen molar-refractivity contribution in [2.75, 3.05) is 0 Å². The standard InChI is InChI=1S/C34H34N2O4/c37-33(31(25-15-5-1-6-16-25)26-17-7-2-8-18-26)35(39)29-23-13-14-24-30(29)36(40)34(38)32(27-19-9-3-10-20-27)28-21-11-4-12-22-28/h1-12,15-22,29-32,39-40H,13-14,23-24H2/t29-,30?/m1/s1. The van der Waals surface area contributed by atoms with Crippen molar-refractivity contribution >= 4 is 11.8 Å². The molecule has 204 valence electrons. The van der Waals surface area contributed by atoms with Gasteiger partial charge in [-0.1, -0.05) is 134 Å². The predicted octanol–water partition coefficient (Wildman–Crippen LogP) is 6.40. The normalized spacial score (nSPS) is 17.0. The lowest BCUT2D eigenvalue weighted by Gasteiger charge is -2.41. The van der Waals surface area contributed by atoms with Crippen LogP contribution in [0.3, 0.4) is 0 Å². The molecule has 1 aliphatic carbocycles. The molecule has 1 saturated carbocycles. The zero-order valence-electron chi connectivity index (χ0n) is 22.3. The molecule has 0 radical (unpaired) electrons. The summed E-state index contributed by atoms with van der Waals surface area (Å²) in [5.74, 6) is -2.42. The molecule has 0 heterocycles. The van der Waals surface area contributed by atoms with Crippen molar-refractivity contribution in [2.24, 2.45) is 0 Å². The molecule has 40 heavy (non-hydrogen) atoms. The van der Waals surface area contributed by atoms with Crippen LogP contribution in [-0.4, -0.2) is 44.4 Å². The third-order valence-electron chi connectivity index (χ3n) is 7.80. The molecule has 4 aromatic carbocycles. The topological polar surface area (TPSA) is 81.1 Å². The molecule has 2 amide bonds. The van der Waals surface area contributed by atoms with Gasteiger partial charge in [0.05, 0.1) is 23.9 Å². The van der Waals surface area contributed by atoms with Gasteiger partial charge in [0.15, 0.2) is 0 Å². The van der Waals surface area contributed by atoms with Gasteiger partial charge in [-0.3, -0.25) is 20.0 Å². The molecule has 0 aliphatic heterocycles. The summed E-state index contributed by atoms with van der Waals surface area (Å²) in [6.45, 7) is 0. The van der Waals surface area contributed by atoms with Crippen LogP contribution in [0.1, 0.15) is 59.8 Å². The quantitative estimate of drug-likeness (QED) is 0.203. The van der Waals surface area contributed by atoms with Gasteiger partial charge in [0.2, 0.25) is 0 Å². The van der Waals surface area contributed by atoms with Crippen molar-refractivity contribution in [1.29, 1.82) is 0 Å². The number of benzene rings is 4. The average Bonchev–Trinajstić information content (AvgIpc) is 3.02. The van der Waals surface area contributed by atoms with E-state index in [1.807, 2.05) is 121 Å². The smallest absolute Gasteiger partial charge is 0.258 e. The first-order valence-corrected chi connectivity index (χ1v) is 13.8. The fraction of sp³-hybridized carbons (Fsp3) is 0.235. The highest BCUT2D eigenvalue weighted by Crippen LogP contribution is 2.34. The van der Waals surface area contributed by atoms with Crippen LogP contribution in [0, 0.1) is 0 Å². The maximum absolute atomic E-state index is 13.9. The van der Waals surface area contributed by atoms with Gasteiger partial charge in [0.25, 0.3) is 11.8 Å². The molecule has 0 bridgehead atoms. The van der Waals surface area contributed by atoms with E-state index in [0.717, 1.165) is 45.2 Å². The average molecular weight is 535 g/mol. The summed E-state index contributed by atoms with van der Waals surface area (Å²) < 4.78 is 0. The Hall–Kier alpha value is -4.26. The minimum atomic E-state index is -0.752. The Labute approximate surface area is 235 Å². The molecule has 6 nitrogen and oxygen atoms in total. The maximum atomic E-state index is 13.9. The second-order valence-corrected chi connectivity index (χ2v) is 10.3. The maximum Gasteiger partial charge on any atom is 0.258 e. The molecule has 5 rings (SSSR count). The van der Waals surface area contributed by atoms with E-state index >= 15 is 0 Å². The summed E-state index contributed by atoms with van der Waals surface area (Å²) in [7, 11) is 0. The zero-order valence-corrected chi connectivity index (χ0v) is 22.3.